The van der Waals surface area contributed by atoms with Crippen LogP contribution >= 0.6 is 0 Å². The molecule has 2 rings (SSSR count). The molecule has 0 heterocycles. The summed E-state index contributed by atoms with van der Waals surface area (Å²) in [5.41, 5.74) is 6.67. The van der Waals surface area contributed by atoms with E-state index in [-0.39, 0.29) is 22.6 Å². The van der Waals surface area contributed by atoms with Crippen molar-refractivity contribution in [1.82, 2.24) is 0 Å². The quantitative estimate of drug-likeness (QED) is 0.768. The highest BCUT2D eigenvalue weighted by Crippen LogP contribution is 2.32. The van der Waals surface area contributed by atoms with Gasteiger partial charge in [-0.25, -0.2) is 13.6 Å². The smallest absolute Gasteiger partial charge is 0.238 e. The molecule has 7 heteroatoms. The fourth-order valence-corrected chi connectivity index (χ4v) is 3.69. The standard InChI is InChI=1S/C14H21N3O3S/c1-9-5-6-11(7-13(9)21(16,19)20)17-14(18)12-4-2-3-10(12)8-15/h5-7,10,12H,2-4,8,15H2,1H3,(H,17,18)(H2,16,19,20). The van der Waals surface area contributed by atoms with Crippen molar-refractivity contribution in [2.75, 3.05) is 11.9 Å². The minimum Gasteiger partial charge on any atom is -0.330 e. The van der Waals surface area contributed by atoms with E-state index in [4.69, 9.17) is 10.9 Å². The Morgan fingerprint density at radius 2 is 2.10 bits per heavy atom. The molecule has 116 valence electrons. The number of hydrogen-bond acceptors (Lipinski definition) is 4. The number of rotatable bonds is 4. The normalized spacial score (nSPS) is 22.2. The van der Waals surface area contributed by atoms with Crippen molar-refractivity contribution < 1.29 is 13.2 Å². The first-order valence-electron chi connectivity index (χ1n) is 6.97. The second kappa shape index (κ2) is 6.13. The Kier molecular flexibility index (Phi) is 4.65. The van der Waals surface area contributed by atoms with E-state index in [2.05, 4.69) is 5.32 Å². The number of amides is 1. The fourth-order valence-electron chi connectivity index (χ4n) is 2.88. The van der Waals surface area contributed by atoms with Crippen LogP contribution in [0.15, 0.2) is 23.1 Å². The van der Waals surface area contributed by atoms with Crippen molar-refractivity contribution in [3.8, 4) is 0 Å². The second-order valence-electron chi connectivity index (χ2n) is 5.55. The van der Waals surface area contributed by atoms with E-state index >= 15 is 0 Å². The lowest BCUT2D eigenvalue weighted by molar-refractivity contribution is -0.120. The molecule has 0 spiro atoms. The van der Waals surface area contributed by atoms with Crippen molar-refractivity contribution >= 4 is 21.6 Å². The van der Waals surface area contributed by atoms with Gasteiger partial charge in [0.1, 0.15) is 0 Å². The zero-order valence-corrected chi connectivity index (χ0v) is 12.8. The molecular weight excluding hydrogens is 290 g/mol. The highest BCUT2D eigenvalue weighted by atomic mass is 32.2. The molecule has 21 heavy (non-hydrogen) atoms. The first kappa shape index (κ1) is 15.9. The summed E-state index contributed by atoms with van der Waals surface area (Å²) in [4.78, 5) is 12.3. The second-order valence-corrected chi connectivity index (χ2v) is 7.08. The molecule has 1 saturated carbocycles. The first-order chi connectivity index (χ1) is 9.82. The largest absolute Gasteiger partial charge is 0.330 e. The predicted octanol–water partition coefficient (Wildman–Crippen LogP) is 0.956. The van der Waals surface area contributed by atoms with Gasteiger partial charge in [0.2, 0.25) is 15.9 Å². The van der Waals surface area contributed by atoms with Gasteiger partial charge in [-0.2, -0.15) is 0 Å². The van der Waals surface area contributed by atoms with Gasteiger partial charge >= 0.3 is 0 Å². The topological polar surface area (TPSA) is 115 Å². The number of sulfonamides is 1. The number of carbonyl (C=O) groups is 1. The fraction of sp³-hybridized carbons (Fsp3) is 0.500. The summed E-state index contributed by atoms with van der Waals surface area (Å²) < 4.78 is 23.0. The van der Waals surface area contributed by atoms with E-state index in [1.165, 1.54) is 6.07 Å². The van der Waals surface area contributed by atoms with E-state index in [0.717, 1.165) is 19.3 Å². The molecule has 0 bridgehead atoms. The Morgan fingerprint density at radius 1 is 1.38 bits per heavy atom. The summed E-state index contributed by atoms with van der Waals surface area (Å²) in [5.74, 6) is -0.00503. The zero-order chi connectivity index (χ0) is 15.6. The Morgan fingerprint density at radius 3 is 2.71 bits per heavy atom. The number of nitrogens with one attached hydrogen (secondary N) is 1. The number of anilines is 1. The maximum atomic E-state index is 12.3. The molecule has 1 aromatic carbocycles. The molecule has 2 atom stereocenters. The first-order valence-corrected chi connectivity index (χ1v) is 8.52. The van der Waals surface area contributed by atoms with Gasteiger partial charge in [-0.15, -0.1) is 0 Å². The van der Waals surface area contributed by atoms with Crippen LogP contribution in [0.2, 0.25) is 0 Å². The third-order valence-electron chi connectivity index (χ3n) is 4.06. The van der Waals surface area contributed by atoms with Crippen LogP contribution in [0.5, 0.6) is 0 Å². The van der Waals surface area contributed by atoms with Crippen molar-refractivity contribution in [3.05, 3.63) is 23.8 Å². The number of aryl methyl sites for hydroxylation is 1. The van der Waals surface area contributed by atoms with Crippen molar-refractivity contribution in [2.24, 2.45) is 22.7 Å². The van der Waals surface area contributed by atoms with Crippen LogP contribution in [0.3, 0.4) is 0 Å². The highest BCUT2D eigenvalue weighted by Gasteiger charge is 2.32. The Hall–Kier alpha value is -1.44. The van der Waals surface area contributed by atoms with Gasteiger partial charge in [0.15, 0.2) is 0 Å². The third kappa shape index (κ3) is 3.61. The molecule has 1 aliphatic rings. The molecule has 0 radical (unpaired) electrons. The number of carbonyl (C=O) groups excluding carboxylic acids is 1. The maximum absolute atomic E-state index is 12.3. The van der Waals surface area contributed by atoms with Gasteiger partial charge in [-0.1, -0.05) is 12.5 Å². The summed E-state index contributed by atoms with van der Waals surface area (Å²) in [6.45, 7) is 2.15. The van der Waals surface area contributed by atoms with Crippen molar-refractivity contribution in [1.29, 1.82) is 0 Å². The summed E-state index contributed by atoms with van der Waals surface area (Å²) in [5, 5.41) is 7.94. The van der Waals surface area contributed by atoms with E-state index < -0.39 is 10.0 Å². The molecule has 1 aliphatic carbocycles. The van der Waals surface area contributed by atoms with Crippen molar-refractivity contribution in [2.45, 2.75) is 31.1 Å². The summed E-state index contributed by atoms with van der Waals surface area (Å²) in [6.07, 6.45) is 2.78. The third-order valence-corrected chi connectivity index (χ3v) is 5.11. The van der Waals surface area contributed by atoms with Crippen LogP contribution in [-0.4, -0.2) is 20.9 Å². The average molecular weight is 311 g/mol. The van der Waals surface area contributed by atoms with E-state index in [0.29, 0.717) is 17.8 Å². The SMILES string of the molecule is Cc1ccc(NC(=O)C2CCCC2CN)cc1S(N)(=O)=O. The molecule has 1 aromatic rings. The molecule has 0 aromatic heterocycles. The van der Waals surface area contributed by atoms with Crippen LogP contribution in [-0.2, 0) is 14.8 Å². The Balaban J connectivity index is 2.19. The predicted molar refractivity (Wildman–Crippen MR) is 81.1 cm³/mol. The van der Waals surface area contributed by atoms with Gasteiger partial charge in [-0.3, -0.25) is 4.79 Å². The minimum atomic E-state index is -3.80. The molecule has 1 fully saturated rings. The lowest BCUT2D eigenvalue weighted by atomic mass is 9.95. The van der Waals surface area contributed by atoms with Crippen molar-refractivity contribution in [3.63, 3.8) is 0 Å². The molecular formula is C14H21N3O3S. The number of primary sulfonamides is 1. The molecule has 0 aliphatic heterocycles. The molecule has 2 unspecified atom stereocenters. The van der Waals surface area contributed by atoms with E-state index in [9.17, 15) is 13.2 Å². The molecule has 5 N–H and O–H groups in total. The molecule has 1 amide bonds. The zero-order valence-electron chi connectivity index (χ0n) is 12.0. The number of hydrogen-bond donors (Lipinski definition) is 3. The van der Waals surface area contributed by atoms with E-state index in [1.807, 2.05) is 0 Å². The van der Waals surface area contributed by atoms with Crippen LogP contribution in [0.25, 0.3) is 0 Å². The summed E-state index contributed by atoms with van der Waals surface area (Å²) in [6, 6.07) is 4.70. The van der Waals surface area contributed by atoms with Crippen LogP contribution in [0.1, 0.15) is 24.8 Å². The van der Waals surface area contributed by atoms with Crippen LogP contribution < -0.4 is 16.2 Å². The lowest BCUT2D eigenvalue weighted by Crippen LogP contribution is -2.29. The van der Waals surface area contributed by atoms with Gasteiger partial charge in [0, 0.05) is 11.6 Å². The van der Waals surface area contributed by atoms with Gasteiger partial charge in [0.25, 0.3) is 0 Å². The number of nitrogens with two attached hydrogens (primary N) is 2. The van der Waals surface area contributed by atoms with Crippen LogP contribution in [0, 0.1) is 18.8 Å². The van der Waals surface area contributed by atoms with E-state index in [1.54, 1.807) is 19.1 Å². The average Bonchev–Trinajstić information content (AvgIpc) is 2.88. The van der Waals surface area contributed by atoms with Crippen LogP contribution in [0.4, 0.5) is 5.69 Å². The molecule has 6 nitrogen and oxygen atoms in total. The Labute approximate surface area is 124 Å². The number of benzene rings is 1. The highest BCUT2D eigenvalue weighted by molar-refractivity contribution is 7.89. The van der Waals surface area contributed by atoms with Gasteiger partial charge < -0.3 is 11.1 Å². The minimum absolute atomic E-state index is 0.0297. The molecule has 0 saturated heterocycles. The Bertz CT molecular complexity index is 643. The summed E-state index contributed by atoms with van der Waals surface area (Å²) in [7, 11) is -3.80. The lowest BCUT2D eigenvalue weighted by Gasteiger charge is -2.17. The monoisotopic (exact) mass is 311 g/mol. The van der Waals surface area contributed by atoms with Gasteiger partial charge in [0.05, 0.1) is 4.90 Å². The maximum Gasteiger partial charge on any atom is 0.238 e. The van der Waals surface area contributed by atoms with Gasteiger partial charge in [-0.05, 0) is 49.9 Å². The summed E-state index contributed by atoms with van der Waals surface area (Å²) >= 11 is 0.